The summed E-state index contributed by atoms with van der Waals surface area (Å²) in [5, 5.41) is 0.696. The standard InChI is InChI=1S/C31H38F4N6O2S/c1-4-43-29(42)7-9-39-10-11-41(17-21(39)3)27-15-25(36-19-37-27)16-28-38-30(26(44-28)18-40-8-5-6-20(40)2)22-12-23(31(33,34)35)14-24(32)13-22/h12-15,19-21H,4-11,16-18H2,1-3H3/t20-,21-/m1/s1. The normalized spacial score (nSPS) is 19.9. The Morgan fingerprint density at radius 3 is 2.59 bits per heavy atom. The Hall–Kier alpha value is -3.16. The molecule has 2 aromatic heterocycles. The number of anilines is 1. The van der Waals surface area contributed by atoms with Crippen molar-refractivity contribution in [3.05, 3.63) is 57.6 Å². The number of halogens is 4. The van der Waals surface area contributed by atoms with E-state index in [1.54, 1.807) is 6.92 Å². The van der Waals surface area contributed by atoms with E-state index in [1.165, 1.54) is 17.7 Å². The predicted octanol–water partition coefficient (Wildman–Crippen LogP) is 5.80. The highest BCUT2D eigenvalue weighted by molar-refractivity contribution is 7.12. The zero-order valence-electron chi connectivity index (χ0n) is 25.2. The van der Waals surface area contributed by atoms with E-state index in [0.29, 0.717) is 55.3 Å². The Morgan fingerprint density at radius 1 is 1.07 bits per heavy atom. The van der Waals surface area contributed by atoms with Crippen LogP contribution < -0.4 is 4.90 Å². The molecule has 2 saturated heterocycles. The molecule has 2 aliphatic rings. The molecular weight excluding hydrogens is 596 g/mol. The van der Waals surface area contributed by atoms with Gasteiger partial charge in [-0.05, 0) is 58.4 Å². The van der Waals surface area contributed by atoms with E-state index in [1.807, 2.05) is 6.07 Å². The molecule has 238 valence electrons. The molecular formula is C31H38F4N6O2S. The molecule has 3 aromatic rings. The number of rotatable bonds is 10. The van der Waals surface area contributed by atoms with Crippen LogP contribution in [0.1, 0.15) is 61.2 Å². The second kappa shape index (κ2) is 13.9. The maximum absolute atomic E-state index is 14.4. The number of carbonyl (C=O) groups is 1. The summed E-state index contributed by atoms with van der Waals surface area (Å²) in [6, 6.07) is 5.11. The number of nitrogens with zero attached hydrogens (tertiary/aromatic N) is 6. The van der Waals surface area contributed by atoms with Crippen LogP contribution in [-0.4, -0.2) is 82.1 Å². The maximum atomic E-state index is 14.4. The van der Waals surface area contributed by atoms with E-state index in [-0.39, 0.29) is 17.6 Å². The summed E-state index contributed by atoms with van der Waals surface area (Å²) in [5.74, 6) is -0.348. The van der Waals surface area contributed by atoms with Crippen LogP contribution in [0.2, 0.25) is 0 Å². The van der Waals surface area contributed by atoms with E-state index >= 15 is 0 Å². The molecule has 0 aliphatic carbocycles. The lowest BCUT2D eigenvalue weighted by molar-refractivity contribution is -0.143. The summed E-state index contributed by atoms with van der Waals surface area (Å²) >= 11 is 1.44. The summed E-state index contributed by atoms with van der Waals surface area (Å²) in [6.07, 6.45) is -0.299. The number of ether oxygens (including phenoxy) is 1. The first kappa shape index (κ1) is 32.2. The van der Waals surface area contributed by atoms with Gasteiger partial charge < -0.3 is 9.64 Å². The van der Waals surface area contributed by atoms with Gasteiger partial charge in [0.15, 0.2) is 0 Å². The van der Waals surface area contributed by atoms with Crippen molar-refractivity contribution in [3.63, 3.8) is 0 Å². The zero-order chi connectivity index (χ0) is 31.4. The lowest BCUT2D eigenvalue weighted by Crippen LogP contribution is -2.52. The van der Waals surface area contributed by atoms with Crippen molar-refractivity contribution < 1.29 is 27.1 Å². The highest BCUT2D eigenvalue weighted by atomic mass is 32.1. The van der Waals surface area contributed by atoms with Crippen LogP contribution in [0.4, 0.5) is 23.4 Å². The van der Waals surface area contributed by atoms with Crippen molar-refractivity contribution in [1.29, 1.82) is 0 Å². The number of esters is 1. The third-order valence-electron chi connectivity index (χ3n) is 8.32. The first-order valence-corrected chi connectivity index (χ1v) is 15.9. The highest BCUT2D eigenvalue weighted by Gasteiger charge is 2.32. The number of aromatic nitrogens is 3. The second-order valence-electron chi connectivity index (χ2n) is 11.5. The van der Waals surface area contributed by atoms with Crippen LogP contribution in [0.15, 0.2) is 30.6 Å². The molecule has 0 bridgehead atoms. The molecule has 2 atom stereocenters. The third-order valence-corrected chi connectivity index (χ3v) is 9.36. The zero-order valence-corrected chi connectivity index (χ0v) is 26.1. The molecule has 4 heterocycles. The van der Waals surface area contributed by atoms with Gasteiger partial charge in [-0.15, -0.1) is 11.3 Å². The summed E-state index contributed by atoms with van der Waals surface area (Å²) in [4.78, 5) is 33.1. The number of alkyl halides is 3. The van der Waals surface area contributed by atoms with E-state index in [4.69, 9.17) is 9.72 Å². The highest BCUT2D eigenvalue weighted by Crippen LogP contribution is 2.37. The smallest absolute Gasteiger partial charge is 0.416 e. The molecule has 0 amide bonds. The van der Waals surface area contributed by atoms with Crippen LogP contribution in [0.3, 0.4) is 0 Å². The number of piperazine rings is 1. The number of benzene rings is 1. The summed E-state index contributed by atoms with van der Waals surface area (Å²) in [5.41, 5.74) is 0.221. The van der Waals surface area contributed by atoms with Crippen molar-refractivity contribution in [2.75, 3.05) is 44.2 Å². The quantitative estimate of drug-likeness (QED) is 0.205. The second-order valence-corrected chi connectivity index (χ2v) is 12.7. The fraction of sp³-hybridized carbons (Fsp3) is 0.548. The summed E-state index contributed by atoms with van der Waals surface area (Å²) < 4.78 is 60.1. The van der Waals surface area contributed by atoms with Gasteiger partial charge in [0.2, 0.25) is 0 Å². The number of hydrogen-bond donors (Lipinski definition) is 0. The van der Waals surface area contributed by atoms with Crippen LogP contribution in [0, 0.1) is 5.82 Å². The Balaban J connectivity index is 1.34. The van der Waals surface area contributed by atoms with Gasteiger partial charge in [0.1, 0.15) is 18.0 Å². The first-order chi connectivity index (χ1) is 21.0. The Kier molecular flexibility index (Phi) is 10.2. The van der Waals surface area contributed by atoms with E-state index in [0.717, 1.165) is 67.5 Å². The van der Waals surface area contributed by atoms with Gasteiger partial charge in [0, 0.05) is 67.7 Å². The first-order valence-electron chi connectivity index (χ1n) is 15.1. The minimum absolute atomic E-state index is 0.125. The van der Waals surface area contributed by atoms with Crippen LogP contribution in [0.25, 0.3) is 11.3 Å². The molecule has 0 radical (unpaired) electrons. The number of carbonyl (C=O) groups excluding carboxylic acids is 1. The Labute approximate surface area is 259 Å². The van der Waals surface area contributed by atoms with Gasteiger partial charge in [-0.2, -0.15) is 13.2 Å². The topological polar surface area (TPSA) is 74.7 Å². The predicted molar refractivity (Wildman–Crippen MR) is 161 cm³/mol. The minimum Gasteiger partial charge on any atom is -0.466 e. The summed E-state index contributed by atoms with van der Waals surface area (Å²) in [7, 11) is 0. The van der Waals surface area contributed by atoms with Gasteiger partial charge in [-0.1, -0.05) is 0 Å². The lowest BCUT2D eigenvalue weighted by atomic mass is 10.1. The van der Waals surface area contributed by atoms with E-state index in [2.05, 4.69) is 38.5 Å². The number of hydrogen-bond acceptors (Lipinski definition) is 9. The SMILES string of the molecule is CCOC(=O)CCN1CCN(c2cc(Cc3nc(-c4cc(F)cc(C(F)(F)F)c4)c(CN4CCC[C@H]4C)s3)ncn2)C[C@H]1C. The van der Waals surface area contributed by atoms with Crippen molar-refractivity contribution in [1.82, 2.24) is 24.8 Å². The molecule has 0 spiro atoms. The molecule has 0 saturated carbocycles. The Morgan fingerprint density at radius 2 is 1.89 bits per heavy atom. The van der Waals surface area contributed by atoms with Crippen molar-refractivity contribution in [2.24, 2.45) is 0 Å². The lowest BCUT2D eigenvalue weighted by Gasteiger charge is -2.40. The van der Waals surface area contributed by atoms with E-state index < -0.39 is 17.6 Å². The Bertz CT molecular complexity index is 1450. The monoisotopic (exact) mass is 634 g/mol. The molecule has 13 heteroatoms. The van der Waals surface area contributed by atoms with Gasteiger partial charge in [-0.3, -0.25) is 14.6 Å². The molecule has 1 aromatic carbocycles. The molecule has 0 unspecified atom stereocenters. The number of likely N-dealkylation sites (tertiary alicyclic amines) is 1. The molecule has 5 rings (SSSR count). The average molecular weight is 635 g/mol. The molecule has 8 nitrogen and oxygen atoms in total. The molecule has 44 heavy (non-hydrogen) atoms. The number of thiazole rings is 1. The molecule has 0 N–H and O–H groups in total. The van der Waals surface area contributed by atoms with Crippen LogP contribution in [0.5, 0.6) is 0 Å². The third kappa shape index (κ3) is 7.91. The fourth-order valence-electron chi connectivity index (χ4n) is 5.92. The largest absolute Gasteiger partial charge is 0.466 e. The fourth-order valence-corrected chi connectivity index (χ4v) is 7.06. The van der Waals surface area contributed by atoms with Crippen molar-refractivity contribution in [2.45, 2.75) is 71.3 Å². The van der Waals surface area contributed by atoms with Crippen LogP contribution in [-0.2, 0) is 28.7 Å². The van der Waals surface area contributed by atoms with E-state index in [9.17, 15) is 22.4 Å². The maximum Gasteiger partial charge on any atom is 0.416 e. The van der Waals surface area contributed by atoms with Gasteiger partial charge in [0.05, 0.1) is 35.0 Å². The van der Waals surface area contributed by atoms with Crippen LogP contribution >= 0.6 is 11.3 Å². The minimum atomic E-state index is -4.67. The molecule has 2 aliphatic heterocycles. The summed E-state index contributed by atoms with van der Waals surface area (Å²) in [6.45, 7) is 10.8. The van der Waals surface area contributed by atoms with Gasteiger partial charge in [-0.25, -0.2) is 19.3 Å². The van der Waals surface area contributed by atoms with Gasteiger partial charge >= 0.3 is 12.1 Å². The average Bonchev–Trinajstić information content (AvgIpc) is 3.57. The van der Waals surface area contributed by atoms with Gasteiger partial charge in [0.25, 0.3) is 0 Å². The molecule has 2 fully saturated rings. The van der Waals surface area contributed by atoms with Crippen molar-refractivity contribution >= 4 is 23.1 Å². The van der Waals surface area contributed by atoms with Crippen molar-refractivity contribution in [3.8, 4) is 11.3 Å².